The van der Waals surface area contributed by atoms with Gasteiger partial charge in [-0.15, -0.1) is 0 Å². The summed E-state index contributed by atoms with van der Waals surface area (Å²) in [6.45, 7) is 20.7. The van der Waals surface area contributed by atoms with Gasteiger partial charge in [0.15, 0.2) is 11.6 Å². The van der Waals surface area contributed by atoms with Crippen LogP contribution in [0.1, 0.15) is 119 Å². The van der Waals surface area contributed by atoms with Gasteiger partial charge in [0.05, 0.1) is 54.1 Å². The second-order valence-electron chi connectivity index (χ2n) is 32.2. The van der Waals surface area contributed by atoms with Crippen LogP contribution >= 0.6 is 0 Å². The van der Waals surface area contributed by atoms with E-state index in [2.05, 4.69) is 138 Å². The minimum Gasteiger partial charge on any atom is -0.507 e. The molecular weight excluding hydrogens is 1600 g/mol. The van der Waals surface area contributed by atoms with Gasteiger partial charge in [0.2, 0.25) is 0 Å². The first kappa shape index (κ1) is 86.2. The number of fused-ring (bicyclic) bond motifs is 6. The third-order valence-electron chi connectivity index (χ3n) is 23.4. The molecule has 129 heavy (non-hydrogen) atoms. The first-order chi connectivity index (χ1) is 62.5. The highest BCUT2D eigenvalue weighted by Crippen LogP contribution is 2.46. The number of para-hydroxylation sites is 3. The number of benzene rings is 15. The van der Waals surface area contributed by atoms with E-state index in [1.54, 1.807) is 70.4 Å². The van der Waals surface area contributed by atoms with Crippen LogP contribution < -0.4 is 0 Å². The molecule has 0 aliphatic carbocycles. The highest BCUT2D eigenvalue weighted by molar-refractivity contribution is 6.17. The van der Waals surface area contributed by atoms with Crippen molar-refractivity contribution >= 4 is 107 Å². The first-order valence-corrected chi connectivity index (χ1v) is 42.8. The Morgan fingerprint density at radius 2 is 0.698 bits per heavy atom. The quantitative estimate of drug-likeness (QED) is 0.0297. The summed E-state index contributed by atoms with van der Waals surface area (Å²) in [6, 6.07) is 102. The summed E-state index contributed by atoms with van der Waals surface area (Å²) < 4.78 is 12.2. The second kappa shape index (κ2) is 37.6. The molecule has 0 amide bonds. The molecule has 0 aliphatic rings. The third kappa shape index (κ3) is 17.8. The van der Waals surface area contributed by atoms with E-state index in [1.807, 2.05) is 248 Å². The number of rotatable bonds is 17. The summed E-state index contributed by atoms with van der Waals surface area (Å²) in [6.07, 6.45) is 10.3. The number of aryl methyl sites for hydroxylation is 6. The zero-order chi connectivity index (χ0) is 90.3. The fraction of sp³-hybridized carbons (Fsp3) is 0.106. The number of ether oxygens (including phenoxy) is 1. The van der Waals surface area contributed by atoms with Gasteiger partial charge in [-0.1, -0.05) is 242 Å². The number of nitrogens with zero attached hydrogens (tertiary/aromatic N) is 8. The molecule has 0 atom stereocenters. The van der Waals surface area contributed by atoms with Gasteiger partial charge in [-0.25, -0.2) is 23.5 Å². The molecule has 0 saturated heterocycles. The second-order valence-corrected chi connectivity index (χ2v) is 32.2. The summed E-state index contributed by atoms with van der Waals surface area (Å²) in [5, 5.41) is 76.1. The summed E-state index contributed by atoms with van der Waals surface area (Å²) in [4.78, 5) is 36.8. The smallest absolute Gasteiger partial charge is 0.340 e. The number of carbonyl (C=O) groups excluding carboxylic acids is 3. The van der Waals surface area contributed by atoms with Gasteiger partial charge in [-0.05, 0) is 230 Å². The molecule has 16 nitrogen and oxygen atoms in total. The monoisotopic (exact) mass is 1690 g/mol. The molecule has 4 aromatic heterocycles. The predicted molar refractivity (Wildman–Crippen MR) is 528 cm³/mol. The molecule has 19 rings (SSSR count). The van der Waals surface area contributed by atoms with E-state index >= 15 is 0 Å². The van der Waals surface area contributed by atoms with Crippen molar-refractivity contribution in [3.63, 3.8) is 0 Å². The van der Waals surface area contributed by atoms with Crippen molar-refractivity contribution in [1.82, 2.24) is 18.7 Å². The van der Waals surface area contributed by atoms with E-state index < -0.39 is 0 Å². The van der Waals surface area contributed by atoms with Gasteiger partial charge in [-0.3, -0.25) is 9.59 Å². The lowest BCUT2D eigenvalue weighted by Crippen LogP contribution is -2.06. The molecule has 15 aromatic carbocycles. The molecule has 16 heteroatoms. The van der Waals surface area contributed by atoms with Gasteiger partial charge in [-0.2, -0.15) is 20.4 Å². The molecule has 0 saturated carbocycles. The maximum Gasteiger partial charge on any atom is 0.340 e. The molecule has 19 aromatic rings. The molecule has 0 spiro atoms. The van der Waals surface area contributed by atoms with Gasteiger partial charge in [0, 0.05) is 107 Å². The summed E-state index contributed by atoms with van der Waals surface area (Å²) in [7, 11) is 0. The zero-order valence-corrected chi connectivity index (χ0v) is 73.6. The highest BCUT2D eigenvalue weighted by Gasteiger charge is 2.25. The van der Waals surface area contributed by atoms with Crippen LogP contribution in [0.2, 0.25) is 0 Å². The Kier molecular flexibility index (Phi) is 25.1. The first-order valence-electron chi connectivity index (χ1n) is 42.8. The summed E-state index contributed by atoms with van der Waals surface area (Å²) in [5.41, 5.74) is 20.3. The van der Waals surface area contributed by atoms with Crippen LogP contribution in [-0.2, 0) is 4.74 Å². The molecule has 636 valence electrons. The lowest BCUT2D eigenvalue weighted by atomic mass is 9.91. The number of carbonyl (C=O) groups is 3. The highest BCUT2D eigenvalue weighted by atomic mass is 16.5. The van der Waals surface area contributed by atoms with Crippen molar-refractivity contribution in [3.8, 4) is 78.9 Å². The maximum absolute atomic E-state index is 12.5. The molecule has 4 heterocycles. The SMILES string of the molecule is CC(=O)c1cc(-c2ccc(C)cc2C)n(/N=C/c2cccc(-c3c4ccccc4cc4ccccc34)c2O)c1C.CC(=O)c1cc(C)n(/N=C/c2cccc(-c3c4ccccc4cc4ccccc34)c2O)c1C.CCOC(=O)c1cc(C)n(/N=C/c2cc(C)cc(C)c2O)c1-c1ccccc1.Oc1c(/C=N/n2cccc2)cccc1-c1c2ccccc2cc2ccccc12. The summed E-state index contributed by atoms with van der Waals surface area (Å²) in [5.74, 6) is 0.399. The van der Waals surface area contributed by atoms with Crippen LogP contribution in [0.5, 0.6) is 23.0 Å². The van der Waals surface area contributed by atoms with E-state index in [0.29, 0.717) is 51.2 Å². The van der Waals surface area contributed by atoms with Crippen molar-refractivity contribution in [2.24, 2.45) is 20.4 Å². The number of ketones is 2. The lowest BCUT2D eigenvalue weighted by Gasteiger charge is -2.14. The van der Waals surface area contributed by atoms with Crippen molar-refractivity contribution in [3.05, 3.63) is 406 Å². The molecule has 0 aliphatic heterocycles. The van der Waals surface area contributed by atoms with Crippen LogP contribution in [0, 0.1) is 55.4 Å². The fourth-order valence-corrected chi connectivity index (χ4v) is 17.2. The Labute approximate surface area is 748 Å². The van der Waals surface area contributed by atoms with Gasteiger partial charge in [0.25, 0.3) is 0 Å². The number of aromatic hydroxyl groups is 4. The van der Waals surface area contributed by atoms with E-state index in [9.17, 15) is 34.8 Å². The minimum absolute atomic E-state index is 0.00913. The Bertz CT molecular complexity index is 7530. The summed E-state index contributed by atoms with van der Waals surface area (Å²) >= 11 is 0. The van der Waals surface area contributed by atoms with Gasteiger partial charge in [0.1, 0.15) is 23.0 Å². The van der Waals surface area contributed by atoms with Crippen LogP contribution in [0.25, 0.3) is 121 Å². The molecule has 0 unspecified atom stereocenters. The maximum atomic E-state index is 12.5. The predicted octanol–water partition coefficient (Wildman–Crippen LogP) is 26.6. The van der Waals surface area contributed by atoms with Crippen LogP contribution in [-0.4, -0.2) is 88.1 Å². The zero-order valence-electron chi connectivity index (χ0n) is 73.6. The average Bonchev–Trinajstić information content (AvgIpc) is 1.35. The Morgan fingerprint density at radius 1 is 0.326 bits per heavy atom. The number of hydrogen-bond donors (Lipinski definition) is 4. The molecule has 0 bridgehead atoms. The number of esters is 1. The third-order valence-corrected chi connectivity index (χ3v) is 23.4. The molecule has 0 fully saturated rings. The Hall–Kier alpha value is -16.3. The van der Waals surface area contributed by atoms with E-state index in [1.165, 1.54) is 5.56 Å². The van der Waals surface area contributed by atoms with Crippen molar-refractivity contribution in [2.45, 2.75) is 76.2 Å². The van der Waals surface area contributed by atoms with Crippen LogP contribution in [0.15, 0.2) is 342 Å². The minimum atomic E-state index is -0.382. The standard InChI is InChI=1S/C36H30N2O2.C29H24N2O2.C25H18N2O.C23H24N2O3/c1-22-16-17-29(23(2)18-22)34-20-33(25(4)39)24(3)38(34)37-21-28-12-9-15-32(36(28)40)35-30-13-7-5-10-26(30)19-27-11-6-8-14-31(27)35;1-18-15-27(20(3)32)19(2)31(18)30-17-23-11-8-14-26(29(23)33)28-24-12-6-4-9-21(24)16-22-10-5-7-13-25(22)28;28-25-20(17-26-27-14-5-6-15-27)10-7-13-23(25)24-21-11-3-1-8-18(21)16-19-9-2-4-12-22(19)24;1-5-28-23(27)20-13-17(4)25(21(20)18-9-7-6-8-10-18)24-14-19-12-15(2)11-16(3)22(19)26/h5-21,40H,1-4H3;4-17,33H,1-3H3;1-17,28H;6-14,26H,5H2,1-4H3/b37-21+;30-17+;26-17+;24-14+. The number of Topliss-reactive ketones (excluding diaryl/α,β-unsaturated/α-hetero) is 2. The number of phenolic OH excluding ortho intramolecular Hbond substituents is 4. The van der Waals surface area contributed by atoms with Crippen LogP contribution in [0.4, 0.5) is 0 Å². The van der Waals surface area contributed by atoms with E-state index in [4.69, 9.17) is 9.84 Å². The van der Waals surface area contributed by atoms with Crippen molar-refractivity contribution in [2.75, 3.05) is 6.61 Å². The Balaban J connectivity index is 0.000000127. The van der Waals surface area contributed by atoms with Gasteiger partial charge >= 0.3 is 5.97 Å². The normalized spacial score (nSPS) is 11.5. The fourth-order valence-electron chi connectivity index (χ4n) is 17.2. The van der Waals surface area contributed by atoms with Gasteiger partial charge < -0.3 is 25.2 Å². The molecule has 0 radical (unpaired) electrons. The van der Waals surface area contributed by atoms with E-state index in [-0.39, 0.29) is 40.5 Å². The van der Waals surface area contributed by atoms with Crippen molar-refractivity contribution in [1.29, 1.82) is 0 Å². The topological polar surface area (TPSA) is 211 Å². The Morgan fingerprint density at radius 3 is 1.12 bits per heavy atom. The number of phenols is 4. The van der Waals surface area contributed by atoms with Crippen LogP contribution in [0.3, 0.4) is 0 Å². The number of aromatic nitrogens is 4. The average molecular weight is 1690 g/mol. The van der Waals surface area contributed by atoms with E-state index in [0.717, 1.165) is 154 Å². The lowest BCUT2D eigenvalue weighted by molar-refractivity contribution is 0.0526. The number of hydrogen-bond acceptors (Lipinski definition) is 12. The largest absolute Gasteiger partial charge is 0.507 e. The van der Waals surface area contributed by atoms with Crippen molar-refractivity contribution < 1.29 is 39.5 Å². The molecular formula is C113H96N8O8. The molecule has 4 N–H and O–H groups in total.